The Labute approximate surface area is 286 Å². The SMILES string of the molecule is CCOc1ccccc1CCNNC(=O)[C@@]1(CCC(=O)OC(C)(C)C)N=C(c2ccc(OCCCO)cc2)O[C@H]1c1ccccc1N=[N+]=[N-]. The number of amides is 1. The van der Waals surface area contributed by atoms with Gasteiger partial charge in [-0.25, -0.2) is 10.4 Å². The summed E-state index contributed by atoms with van der Waals surface area (Å²) < 4.78 is 23.5. The second-order valence-corrected chi connectivity index (χ2v) is 12.3. The molecule has 1 aliphatic heterocycles. The van der Waals surface area contributed by atoms with Gasteiger partial charge in [-0.3, -0.25) is 15.0 Å². The third-order valence-corrected chi connectivity index (χ3v) is 7.53. The Morgan fingerprint density at radius 2 is 1.80 bits per heavy atom. The van der Waals surface area contributed by atoms with Crippen LogP contribution in [0.2, 0.25) is 0 Å². The van der Waals surface area contributed by atoms with Gasteiger partial charge in [0.25, 0.3) is 5.91 Å². The Morgan fingerprint density at radius 3 is 2.51 bits per heavy atom. The predicted molar refractivity (Wildman–Crippen MR) is 185 cm³/mol. The van der Waals surface area contributed by atoms with Crippen molar-refractivity contribution >= 4 is 23.5 Å². The largest absolute Gasteiger partial charge is 0.494 e. The first-order valence-electron chi connectivity index (χ1n) is 16.3. The Bertz CT molecular complexity index is 1650. The lowest BCUT2D eigenvalue weighted by molar-refractivity contribution is -0.155. The molecule has 0 fully saturated rings. The van der Waals surface area contributed by atoms with Gasteiger partial charge in [0.05, 0.1) is 13.2 Å². The number of aliphatic hydroxyl groups excluding tert-OH is 1. The van der Waals surface area contributed by atoms with Crippen molar-refractivity contribution in [1.82, 2.24) is 10.9 Å². The third-order valence-electron chi connectivity index (χ3n) is 7.53. The summed E-state index contributed by atoms with van der Waals surface area (Å²) in [6, 6.07) is 21.5. The predicted octanol–water partition coefficient (Wildman–Crippen LogP) is 6.03. The number of rotatable bonds is 17. The average molecular weight is 673 g/mol. The summed E-state index contributed by atoms with van der Waals surface area (Å²) in [6.45, 7) is 8.49. The fourth-order valence-electron chi connectivity index (χ4n) is 5.34. The van der Waals surface area contributed by atoms with Crippen LogP contribution in [0.4, 0.5) is 5.69 Å². The lowest BCUT2D eigenvalue weighted by Gasteiger charge is -2.31. The molecule has 0 radical (unpaired) electrons. The lowest BCUT2D eigenvalue weighted by atomic mass is 9.83. The van der Waals surface area contributed by atoms with E-state index in [2.05, 4.69) is 20.9 Å². The molecule has 1 heterocycles. The van der Waals surface area contributed by atoms with Crippen LogP contribution in [0.15, 0.2) is 82.9 Å². The molecule has 4 rings (SSSR count). The van der Waals surface area contributed by atoms with Gasteiger partial charge < -0.3 is 24.1 Å². The number of carbonyl (C=O) groups excluding carboxylic acids is 2. The zero-order valence-corrected chi connectivity index (χ0v) is 28.3. The van der Waals surface area contributed by atoms with Gasteiger partial charge >= 0.3 is 5.97 Å². The molecule has 1 amide bonds. The van der Waals surface area contributed by atoms with E-state index in [-0.39, 0.29) is 31.0 Å². The summed E-state index contributed by atoms with van der Waals surface area (Å²) in [5, 5.41) is 12.9. The molecule has 0 bridgehead atoms. The molecule has 13 nitrogen and oxygen atoms in total. The van der Waals surface area contributed by atoms with Crippen molar-refractivity contribution in [2.45, 2.75) is 70.6 Å². The minimum Gasteiger partial charge on any atom is -0.494 e. The van der Waals surface area contributed by atoms with Crippen molar-refractivity contribution in [1.29, 1.82) is 0 Å². The topological polar surface area (TPSA) is 176 Å². The zero-order valence-electron chi connectivity index (χ0n) is 28.3. The smallest absolute Gasteiger partial charge is 0.306 e. The number of para-hydroxylation sites is 1. The van der Waals surface area contributed by atoms with E-state index in [0.717, 1.165) is 11.3 Å². The van der Waals surface area contributed by atoms with Gasteiger partial charge in [-0.15, -0.1) is 0 Å². The number of aliphatic imine (C=N–C) groups is 1. The highest BCUT2D eigenvalue weighted by Crippen LogP contribution is 2.46. The quantitative estimate of drug-likeness (QED) is 0.0389. The van der Waals surface area contributed by atoms with E-state index < -0.39 is 29.1 Å². The Kier molecular flexibility index (Phi) is 13.0. The van der Waals surface area contributed by atoms with Crippen molar-refractivity contribution in [2.75, 3.05) is 26.4 Å². The summed E-state index contributed by atoms with van der Waals surface area (Å²) in [6.07, 6.45) is -0.254. The molecule has 3 aromatic rings. The van der Waals surface area contributed by atoms with Crippen LogP contribution in [-0.2, 0) is 25.5 Å². The first-order chi connectivity index (χ1) is 23.6. The van der Waals surface area contributed by atoms with Gasteiger partial charge in [-0.2, -0.15) is 0 Å². The summed E-state index contributed by atoms with van der Waals surface area (Å²) in [4.78, 5) is 35.3. The summed E-state index contributed by atoms with van der Waals surface area (Å²) in [5.41, 5.74) is 15.0. The molecule has 260 valence electrons. The van der Waals surface area contributed by atoms with Crippen LogP contribution in [0.1, 0.15) is 69.8 Å². The number of azide groups is 1. The first-order valence-corrected chi connectivity index (χ1v) is 16.3. The highest BCUT2D eigenvalue weighted by Gasteiger charge is 2.54. The van der Waals surface area contributed by atoms with Gasteiger partial charge in [-0.1, -0.05) is 47.6 Å². The minimum atomic E-state index is -1.68. The molecule has 13 heteroatoms. The number of nitrogens with zero attached hydrogens (tertiary/aromatic N) is 4. The Hall–Kier alpha value is -5.10. The van der Waals surface area contributed by atoms with E-state index >= 15 is 0 Å². The van der Waals surface area contributed by atoms with Crippen LogP contribution in [0, 0.1) is 0 Å². The zero-order chi connectivity index (χ0) is 35.3. The van der Waals surface area contributed by atoms with E-state index in [1.54, 1.807) is 69.3 Å². The van der Waals surface area contributed by atoms with Gasteiger partial charge in [0, 0.05) is 47.7 Å². The number of hydrazine groups is 1. The monoisotopic (exact) mass is 672 g/mol. The molecule has 1 aliphatic rings. The number of esters is 1. The van der Waals surface area contributed by atoms with E-state index in [4.69, 9.17) is 29.0 Å². The third kappa shape index (κ3) is 9.96. The van der Waals surface area contributed by atoms with Crippen LogP contribution in [0.3, 0.4) is 0 Å². The highest BCUT2D eigenvalue weighted by atomic mass is 16.6. The van der Waals surface area contributed by atoms with Crippen LogP contribution >= 0.6 is 0 Å². The molecule has 0 saturated heterocycles. The van der Waals surface area contributed by atoms with Crippen molar-refractivity contribution in [3.63, 3.8) is 0 Å². The lowest BCUT2D eigenvalue weighted by Crippen LogP contribution is -2.53. The molecule has 0 aliphatic carbocycles. The fraction of sp³-hybridized carbons (Fsp3) is 0.417. The molecule has 49 heavy (non-hydrogen) atoms. The van der Waals surface area contributed by atoms with Crippen molar-refractivity contribution in [3.8, 4) is 11.5 Å². The van der Waals surface area contributed by atoms with Gasteiger partial charge in [-0.05, 0) is 82.0 Å². The molecular formula is C36H44N6O7. The second-order valence-electron chi connectivity index (χ2n) is 12.3. The molecule has 2 atom stereocenters. The van der Waals surface area contributed by atoms with E-state index in [9.17, 15) is 15.1 Å². The Balaban J connectivity index is 1.70. The average Bonchev–Trinajstić information content (AvgIpc) is 3.47. The number of nitrogens with one attached hydrogen (secondary N) is 2. The van der Waals surface area contributed by atoms with Gasteiger partial charge in [0.15, 0.2) is 11.6 Å². The molecule has 0 spiro atoms. The Morgan fingerprint density at radius 1 is 1.06 bits per heavy atom. The number of benzene rings is 3. The number of ether oxygens (including phenoxy) is 4. The maximum absolute atomic E-state index is 14.4. The van der Waals surface area contributed by atoms with Crippen LogP contribution in [-0.4, -0.2) is 60.4 Å². The summed E-state index contributed by atoms with van der Waals surface area (Å²) in [5.74, 6) is 0.465. The van der Waals surface area contributed by atoms with E-state index in [1.165, 1.54) is 0 Å². The molecule has 3 aromatic carbocycles. The normalized spacial score (nSPS) is 16.9. The van der Waals surface area contributed by atoms with Crippen molar-refractivity contribution in [3.05, 3.63) is 99.9 Å². The van der Waals surface area contributed by atoms with Crippen LogP contribution in [0.5, 0.6) is 11.5 Å². The van der Waals surface area contributed by atoms with Crippen molar-refractivity contribution in [2.24, 2.45) is 10.1 Å². The molecule has 0 saturated carbocycles. The van der Waals surface area contributed by atoms with Gasteiger partial charge in [0.1, 0.15) is 17.1 Å². The minimum absolute atomic E-state index is 0.0182. The number of hydrogen-bond donors (Lipinski definition) is 3. The second kappa shape index (κ2) is 17.3. The summed E-state index contributed by atoms with van der Waals surface area (Å²) >= 11 is 0. The van der Waals surface area contributed by atoms with Crippen LogP contribution < -0.4 is 20.3 Å². The fourth-order valence-corrected chi connectivity index (χ4v) is 5.34. The maximum atomic E-state index is 14.4. The van der Waals surface area contributed by atoms with E-state index in [1.807, 2.05) is 31.2 Å². The van der Waals surface area contributed by atoms with E-state index in [0.29, 0.717) is 49.5 Å². The molecule has 0 unspecified atom stereocenters. The molecule has 0 aromatic heterocycles. The maximum Gasteiger partial charge on any atom is 0.306 e. The first kappa shape index (κ1) is 36.7. The number of carbonyl (C=O) groups is 2. The van der Waals surface area contributed by atoms with Gasteiger partial charge in [0.2, 0.25) is 5.90 Å². The summed E-state index contributed by atoms with van der Waals surface area (Å²) in [7, 11) is 0. The van der Waals surface area contributed by atoms with Crippen molar-refractivity contribution < 1.29 is 33.6 Å². The number of hydrogen-bond acceptors (Lipinski definition) is 10. The molecule has 3 N–H and O–H groups in total. The standard InChI is InChI=1S/C36H44N6O7/c1-5-46-30-14-9-6-11-25(30)20-22-38-41-34(45)36(21-19-31(44)49-35(2,3)4)32(28-12-7-8-13-29(28)40-42-37)48-33(39-36)26-15-17-27(18-16-26)47-24-10-23-43/h6-9,11-18,32,38,43H,5,10,19-24H2,1-4H3,(H,41,45)/t32-,36-/m0/s1. The number of aliphatic hydroxyl groups is 1. The molecular weight excluding hydrogens is 628 g/mol. The highest BCUT2D eigenvalue weighted by molar-refractivity contribution is 6.01. The van der Waals surface area contributed by atoms with Crippen LogP contribution in [0.25, 0.3) is 10.4 Å².